The second kappa shape index (κ2) is 11.9. The third kappa shape index (κ3) is 9.81. The smallest absolute Gasteiger partial charge is 0.324 e. The molecule has 152 valence electrons. The summed E-state index contributed by atoms with van der Waals surface area (Å²) in [6, 6.07) is -1.05. The second-order valence-electron chi connectivity index (χ2n) is 8.03. The molecule has 0 heterocycles. The predicted octanol–water partition coefficient (Wildman–Crippen LogP) is 4.08. The average Bonchev–Trinajstić information content (AvgIpc) is 2.50. The SMILES string of the molecule is CCOC(=O)[C@H](CSC1CCCCCCC1)N[C@@H](C)C(=O)OC(C)(C)C. The maximum Gasteiger partial charge on any atom is 0.324 e. The van der Waals surface area contributed by atoms with Crippen LogP contribution < -0.4 is 5.32 Å². The van der Waals surface area contributed by atoms with Crippen molar-refractivity contribution >= 4 is 23.7 Å². The van der Waals surface area contributed by atoms with Crippen molar-refractivity contribution in [2.24, 2.45) is 0 Å². The van der Waals surface area contributed by atoms with Crippen LogP contribution in [0.25, 0.3) is 0 Å². The van der Waals surface area contributed by atoms with E-state index in [0.29, 0.717) is 17.6 Å². The molecule has 0 radical (unpaired) electrons. The zero-order valence-corrected chi connectivity index (χ0v) is 18.0. The molecule has 6 heteroatoms. The molecule has 0 aliphatic heterocycles. The quantitative estimate of drug-likeness (QED) is 0.633. The molecular formula is C20H37NO4S. The monoisotopic (exact) mass is 387 g/mol. The van der Waals surface area contributed by atoms with Gasteiger partial charge in [-0.3, -0.25) is 14.9 Å². The summed E-state index contributed by atoms with van der Waals surface area (Å²) < 4.78 is 10.6. The van der Waals surface area contributed by atoms with E-state index < -0.39 is 17.7 Å². The number of nitrogens with one attached hydrogen (secondary N) is 1. The van der Waals surface area contributed by atoms with E-state index in [4.69, 9.17) is 9.47 Å². The lowest BCUT2D eigenvalue weighted by Crippen LogP contribution is -2.49. The van der Waals surface area contributed by atoms with Gasteiger partial charge in [-0.2, -0.15) is 11.8 Å². The number of hydrogen-bond donors (Lipinski definition) is 1. The molecule has 1 N–H and O–H groups in total. The van der Waals surface area contributed by atoms with Gasteiger partial charge in [-0.15, -0.1) is 0 Å². The van der Waals surface area contributed by atoms with Crippen molar-refractivity contribution < 1.29 is 19.1 Å². The Labute approximate surface area is 163 Å². The van der Waals surface area contributed by atoms with Gasteiger partial charge in [-0.25, -0.2) is 0 Å². The van der Waals surface area contributed by atoms with Gasteiger partial charge in [0.1, 0.15) is 17.7 Å². The molecule has 0 aromatic carbocycles. The van der Waals surface area contributed by atoms with Crippen LogP contribution in [0.4, 0.5) is 0 Å². The molecule has 1 fully saturated rings. The second-order valence-corrected chi connectivity index (χ2v) is 9.36. The molecule has 0 spiro atoms. The van der Waals surface area contributed by atoms with Crippen LogP contribution in [0.2, 0.25) is 0 Å². The van der Waals surface area contributed by atoms with Crippen LogP contribution in [-0.2, 0) is 19.1 Å². The van der Waals surface area contributed by atoms with Gasteiger partial charge in [-0.05, 0) is 47.5 Å². The first-order valence-corrected chi connectivity index (χ1v) is 11.0. The molecule has 0 amide bonds. The van der Waals surface area contributed by atoms with E-state index in [2.05, 4.69) is 5.32 Å². The molecule has 1 saturated carbocycles. The number of rotatable bonds is 8. The summed E-state index contributed by atoms with van der Waals surface area (Å²) >= 11 is 1.83. The molecule has 1 aliphatic carbocycles. The normalized spacial score (nSPS) is 19.1. The van der Waals surface area contributed by atoms with Crippen LogP contribution in [-0.4, -0.2) is 47.2 Å². The molecule has 2 atom stereocenters. The first-order chi connectivity index (χ1) is 12.2. The Morgan fingerprint density at radius 2 is 1.65 bits per heavy atom. The third-order valence-corrected chi connectivity index (χ3v) is 5.80. The van der Waals surface area contributed by atoms with Crippen molar-refractivity contribution in [2.45, 2.75) is 102 Å². The summed E-state index contributed by atoms with van der Waals surface area (Å²) in [5.41, 5.74) is -0.542. The lowest BCUT2D eigenvalue weighted by atomic mass is 10.0. The maximum absolute atomic E-state index is 12.3. The lowest BCUT2D eigenvalue weighted by Gasteiger charge is -2.26. The largest absolute Gasteiger partial charge is 0.465 e. The summed E-state index contributed by atoms with van der Waals surface area (Å²) in [5.74, 6) is -0.0135. The Hall–Kier alpha value is -0.750. The predicted molar refractivity (Wildman–Crippen MR) is 107 cm³/mol. The minimum Gasteiger partial charge on any atom is -0.465 e. The van der Waals surface area contributed by atoms with E-state index in [1.807, 2.05) is 32.5 Å². The Kier molecular flexibility index (Phi) is 10.6. The molecule has 1 rings (SSSR count). The van der Waals surface area contributed by atoms with Gasteiger partial charge in [0.2, 0.25) is 0 Å². The summed E-state index contributed by atoms with van der Waals surface area (Å²) in [6.07, 6.45) is 8.92. The molecule has 0 unspecified atom stereocenters. The highest BCUT2D eigenvalue weighted by Gasteiger charge is 2.28. The van der Waals surface area contributed by atoms with Crippen LogP contribution in [0.5, 0.6) is 0 Å². The molecule has 0 saturated heterocycles. The standard InChI is InChI=1S/C20H37NO4S/c1-6-24-19(23)17(21-15(2)18(22)25-20(3,4)5)14-26-16-12-10-8-7-9-11-13-16/h15-17,21H,6-14H2,1-5H3/t15-,17-/m0/s1. The summed E-state index contributed by atoms with van der Waals surface area (Å²) in [4.78, 5) is 24.6. The maximum atomic E-state index is 12.3. The van der Waals surface area contributed by atoms with Gasteiger partial charge in [-0.1, -0.05) is 32.1 Å². The minimum atomic E-state index is -0.554. The fraction of sp³-hybridized carbons (Fsp3) is 0.900. The number of ether oxygens (including phenoxy) is 2. The summed E-state index contributed by atoms with van der Waals surface area (Å²) in [5, 5.41) is 3.71. The first kappa shape index (κ1) is 23.3. The molecule has 0 aromatic heterocycles. The summed E-state index contributed by atoms with van der Waals surface area (Å²) in [6.45, 7) is 9.39. The zero-order chi connectivity index (χ0) is 19.6. The molecule has 5 nitrogen and oxygen atoms in total. The fourth-order valence-corrected chi connectivity index (χ4v) is 4.37. The van der Waals surface area contributed by atoms with Crippen LogP contribution in [0.3, 0.4) is 0 Å². The van der Waals surface area contributed by atoms with Gasteiger partial charge in [0, 0.05) is 11.0 Å². The highest BCUT2D eigenvalue weighted by molar-refractivity contribution is 7.99. The highest BCUT2D eigenvalue weighted by atomic mass is 32.2. The Balaban J connectivity index is 2.60. The van der Waals surface area contributed by atoms with Crippen molar-refractivity contribution in [2.75, 3.05) is 12.4 Å². The Morgan fingerprint density at radius 3 is 2.19 bits per heavy atom. The molecule has 0 aromatic rings. The van der Waals surface area contributed by atoms with Crippen molar-refractivity contribution in [3.05, 3.63) is 0 Å². The van der Waals surface area contributed by atoms with Crippen molar-refractivity contribution in [3.8, 4) is 0 Å². The van der Waals surface area contributed by atoms with E-state index in [0.717, 1.165) is 0 Å². The van der Waals surface area contributed by atoms with Crippen molar-refractivity contribution in [1.29, 1.82) is 0 Å². The number of hydrogen-bond acceptors (Lipinski definition) is 6. The molecule has 1 aliphatic rings. The van der Waals surface area contributed by atoms with E-state index in [-0.39, 0.29) is 11.9 Å². The topological polar surface area (TPSA) is 64.6 Å². The van der Waals surface area contributed by atoms with Crippen molar-refractivity contribution in [3.63, 3.8) is 0 Å². The first-order valence-electron chi connectivity index (χ1n) is 10.00. The van der Waals surface area contributed by atoms with Crippen LogP contribution in [0.15, 0.2) is 0 Å². The van der Waals surface area contributed by atoms with E-state index >= 15 is 0 Å². The minimum absolute atomic E-state index is 0.291. The van der Waals surface area contributed by atoms with Crippen molar-refractivity contribution in [1.82, 2.24) is 5.32 Å². The van der Waals surface area contributed by atoms with E-state index in [1.54, 1.807) is 13.8 Å². The average molecular weight is 388 g/mol. The number of esters is 2. The van der Waals surface area contributed by atoms with E-state index in [1.165, 1.54) is 44.9 Å². The zero-order valence-electron chi connectivity index (χ0n) is 17.1. The Morgan fingerprint density at radius 1 is 1.08 bits per heavy atom. The van der Waals surface area contributed by atoms with E-state index in [9.17, 15) is 9.59 Å². The van der Waals surface area contributed by atoms with Gasteiger partial charge >= 0.3 is 11.9 Å². The van der Waals surface area contributed by atoms with Crippen LogP contribution >= 0.6 is 11.8 Å². The highest BCUT2D eigenvalue weighted by Crippen LogP contribution is 2.27. The Bertz CT molecular complexity index is 428. The number of carbonyl (C=O) groups is 2. The third-order valence-electron chi connectivity index (χ3n) is 4.33. The van der Waals surface area contributed by atoms with Gasteiger partial charge in [0.25, 0.3) is 0 Å². The van der Waals surface area contributed by atoms with Gasteiger partial charge in [0.15, 0.2) is 0 Å². The number of carbonyl (C=O) groups excluding carboxylic acids is 2. The van der Waals surface area contributed by atoms with Gasteiger partial charge in [0.05, 0.1) is 6.61 Å². The van der Waals surface area contributed by atoms with Crippen LogP contribution in [0, 0.1) is 0 Å². The summed E-state index contributed by atoms with van der Waals surface area (Å²) in [7, 11) is 0. The molecule has 0 bridgehead atoms. The molecular weight excluding hydrogens is 350 g/mol. The number of thioether (sulfide) groups is 1. The van der Waals surface area contributed by atoms with Crippen LogP contribution in [0.1, 0.15) is 79.6 Å². The molecule has 26 heavy (non-hydrogen) atoms. The lowest BCUT2D eigenvalue weighted by molar-refractivity contribution is -0.157. The fourth-order valence-electron chi connectivity index (χ4n) is 3.00. The van der Waals surface area contributed by atoms with Gasteiger partial charge < -0.3 is 9.47 Å².